The van der Waals surface area contributed by atoms with Crippen LogP contribution in [0.2, 0.25) is 0 Å². The van der Waals surface area contributed by atoms with Crippen LogP contribution in [0.5, 0.6) is 0 Å². The highest BCUT2D eigenvalue weighted by molar-refractivity contribution is 6.05. The van der Waals surface area contributed by atoms with Crippen molar-refractivity contribution in [3.05, 3.63) is 49.3 Å². The standard InChI is InChI=1S/C24H32N6O3.C19H24N6O/c1-6-18-22(31)29(5)19-14-26-20(28-21(19)30(18)15-9-7-8-10-15)16-11-12-25-13-17(16)27-23(32)33-24(2,3)4;1-3-15-19(26)24(2)16-11-22-17(13-8-9-21-10-14(13)20)23-18(16)25(15)12-6-4-5-7-12/h11-15,18H,6-10H2,1-5H3,(H,27,32);8-12,15H,3-7,20H2,1-2H3/t18-;15-/m11/s1. The molecule has 0 saturated heterocycles. The van der Waals surface area contributed by atoms with Crippen molar-refractivity contribution in [1.82, 2.24) is 29.9 Å². The van der Waals surface area contributed by atoms with Crippen LogP contribution in [0.15, 0.2) is 49.3 Å². The second-order valence-electron chi connectivity index (χ2n) is 16.6. The third kappa shape index (κ3) is 8.35. The normalized spacial score (nSPS) is 19.6. The summed E-state index contributed by atoms with van der Waals surface area (Å²) in [7, 11) is 3.58. The van der Waals surface area contributed by atoms with Crippen LogP contribution in [0.3, 0.4) is 0 Å². The number of carbonyl (C=O) groups is 3. The first kappa shape index (κ1) is 41.2. The number of anilines is 6. The first-order chi connectivity index (χ1) is 28.3. The van der Waals surface area contributed by atoms with Crippen molar-refractivity contribution >= 4 is 52.3 Å². The number of nitrogen functional groups attached to an aromatic ring is 1. The second kappa shape index (κ2) is 17.1. The van der Waals surface area contributed by atoms with Crippen LogP contribution >= 0.6 is 0 Å². The molecule has 16 heteroatoms. The van der Waals surface area contributed by atoms with Crippen molar-refractivity contribution in [2.24, 2.45) is 0 Å². The van der Waals surface area contributed by atoms with Gasteiger partial charge in [-0.1, -0.05) is 39.5 Å². The first-order valence-corrected chi connectivity index (χ1v) is 20.8. The van der Waals surface area contributed by atoms with Crippen LogP contribution in [0.4, 0.5) is 39.2 Å². The van der Waals surface area contributed by atoms with E-state index in [0.717, 1.165) is 67.8 Å². The molecule has 2 atom stereocenters. The Morgan fingerprint density at radius 3 is 1.66 bits per heavy atom. The van der Waals surface area contributed by atoms with Crippen LogP contribution in [0.1, 0.15) is 98.8 Å². The fourth-order valence-corrected chi connectivity index (χ4v) is 8.74. The van der Waals surface area contributed by atoms with Gasteiger partial charge in [0.15, 0.2) is 23.3 Å². The van der Waals surface area contributed by atoms with Crippen LogP contribution < -0.4 is 30.7 Å². The summed E-state index contributed by atoms with van der Waals surface area (Å²) >= 11 is 0. The van der Waals surface area contributed by atoms with E-state index in [1.807, 2.05) is 33.8 Å². The topological polar surface area (TPSA) is 189 Å². The lowest BCUT2D eigenvalue weighted by Crippen LogP contribution is -2.55. The molecule has 0 radical (unpaired) electrons. The van der Waals surface area contributed by atoms with Gasteiger partial charge < -0.3 is 30.1 Å². The quantitative estimate of drug-likeness (QED) is 0.194. The number of nitrogens with zero attached hydrogens (tertiary/aromatic N) is 10. The predicted octanol–water partition coefficient (Wildman–Crippen LogP) is 7.01. The largest absolute Gasteiger partial charge is 0.444 e. The Kier molecular flexibility index (Phi) is 12.0. The average Bonchev–Trinajstić information content (AvgIpc) is 3.96. The van der Waals surface area contributed by atoms with Gasteiger partial charge in [0.25, 0.3) is 0 Å². The fourth-order valence-electron chi connectivity index (χ4n) is 8.74. The molecule has 2 fully saturated rings. The maximum absolute atomic E-state index is 13.1. The molecule has 4 aliphatic rings. The molecule has 0 unspecified atom stereocenters. The Hall–Kier alpha value is -5.93. The number of hydrogen-bond acceptors (Lipinski definition) is 13. The molecule has 2 aliphatic carbocycles. The first-order valence-electron chi connectivity index (χ1n) is 20.8. The lowest BCUT2D eigenvalue weighted by atomic mass is 10.0. The smallest absolute Gasteiger partial charge is 0.412 e. The summed E-state index contributed by atoms with van der Waals surface area (Å²) in [4.78, 5) is 73.2. The van der Waals surface area contributed by atoms with Gasteiger partial charge in [0.1, 0.15) is 29.1 Å². The Bertz CT molecular complexity index is 2180. The molecule has 2 aliphatic heterocycles. The Labute approximate surface area is 346 Å². The Morgan fingerprint density at radius 1 is 0.746 bits per heavy atom. The van der Waals surface area contributed by atoms with Crippen LogP contribution in [-0.4, -0.2) is 91.7 Å². The predicted molar refractivity (Wildman–Crippen MR) is 229 cm³/mol. The number of ether oxygens (including phenoxy) is 1. The van der Waals surface area contributed by atoms with E-state index in [1.54, 1.807) is 67.1 Å². The number of pyridine rings is 2. The number of aromatic nitrogens is 6. The summed E-state index contributed by atoms with van der Waals surface area (Å²) in [5, 5.41) is 2.77. The van der Waals surface area contributed by atoms with Gasteiger partial charge in [0.2, 0.25) is 11.8 Å². The van der Waals surface area contributed by atoms with E-state index in [0.29, 0.717) is 46.7 Å². The molecule has 4 aromatic rings. The third-order valence-corrected chi connectivity index (χ3v) is 11.6. The van der Waals surface area contributed by atoms with Crippen molar-refractivity contribution in [3.8, 4) is 22.8 Å². The summed E-state index contributed by atoms with van der Waals surface area (Å²) in [5.41, 5.74) is 9.33. The van der Waals surface area contributed by atoms with E-state index in [1.165, 1.54) is 12.8 Å². The summed E-state index contributed by atoms with van der Waals surface area (Å²) in [5.74, 6) is 2.83. The number of nitrogens with two attached hydrogens (primary N) is 1. The van der Waals surface area contributed by atoms with E-state index in [4.69, 9.17) is 20.4 Å². The zero-order valence-corrected chi connectivity index (χ0v) is 35.2. The molecule has 3 N–H and O–H groups in total. The van der Waals surface area contributed by atoms with Crippen molar-refractivity contribution in [3.63, 3.8) is 0 Å². The van der Waals surface area contributed by atoms with Crippen molar-refractivity contribution in [2.45, 2.75) is 129 Å². The minimum atomic E-state index is -0.622. The number of likely N-dealkylation sites (N-methyl/N-ethyl adjacent to an activating group) is 2. The zero-order chi connectivity index (χ0) is 42.0. The van der Waals surface area contributed by atoms with Gasteiger partial charge in [-0.25, -0.2) is 24.7 Å². The highest BCUT2D eigenvalue weighted by Crippen LogP contribution is 2.42. The van der Waals surface area contributed by atoms with E-state index >= 15 is 0 Å². The summed E-state index contributed by atoms with van der Waals surface area (Å²) in [6, 6.07) is 3.81. The molecular formula is C43H56N12O4. The molecule has 6 heterocycles. The number of fused-ring (bicyclic) bond motifs is 2. The maximum atomic E-state index is 13.1. The molecular weight excluding hydrogens is 749 g/mol. The Balaban J connectivity index is 0.000000184. The maximum Gasteiger partial charge on any atom is 0.412 e. The van der Waals surface area contributed by atoms with Gasteiger partial charge in [-0.15, -0.1) is 0 Å². The third-order valence-electron chi connectivity index (χ3n) is 11.6. The average molecular weight is 805 g/mol. The van der Waals surface area contributed by atoms with Crippen LogP contribution in [0.25, 0.3) is 22.8 Å². The molecule has 0 spiro atoms. The fraction of sp³-hybridized carbons (Fsp3) is 0.512. The number of rotatable bonds is 7. The molecule has 312 valence electrons. The van der Waals surface area contributed by atoms with Crippen LogP contribution in [0, 0.1) is 0 Å². The molecule has 8 rings (SSSR count). The second-order valence-corrected chi connectivity index (χ2v) is 16.6. The molecule has 0 aromatic carbocycles. The van der Waals surface area contributed by atoms with Gasteiger partial charge in [-0.05, 0) is 71.4 Å². The summed E-state index contributed by atoms with van der Waals surface area (Å²) in [6.07, 6.45) is 19.8. The molecule has 0 bridgehead atoms. The zero-order valence-electron chi connectivity index (χ0n) is 35.2. The minimum absolute atomic E-state index is 0.0736. The van der Waals surface area contributed by atoms with Crippen molar-refractivity contribution < 1.29 is 19.1 Å². The highest BCUT2D eigenvalue weighted by atomic mass is 16.6. The molecule has 4 aromatic heterocycles. The monoisotopic (exact) mass is 804 g/mol. The summed E-state index contributed by atoms with van der Waals surface area (Å²) < 4.78 is 5.39. The van der Waals surface area contributed by atoms with Gasteiger partial charge in [0, 0.05) is 49.7 Å². The van der Waals surface area contributed by atoms with Crippen molar-refractivity contribution in [2.75, 3.05) is 44.7 Å². The van der Waals surface area contributed by atoms with Crippen molar-refractivity contribution in [1.29, 1.82) is 0 Å². The number of amides is 3. The van der Waals surface area contributed by atoms with E-state index in [2.05, 4.69) is 42.0 Å². The lowest BCUT2D eigenvalue weighted by molar-refractivity contribution is -0.120. The number of hydrogen-bond donors (Lipinski definition) is 2. The molecule has 3 amide bonds. The SMILES string of the molecule is CC[C@@H]1C(=O)N(C)c2cnc(-c3ccncc3N)nc2N1C1CCCC1.CC[C@@H]1C(=O)N(C)c2cnc(-c3ccncc3NC(=O)OC(C)(C)C)nc2N1C1CCCC1. The van der Waals surface area contributed by atoms with E-state index in [-0.39, 0.29) is 29.9 Å². The molecule has 59 heavy (non-hydrogen) atoms. The number of carbonyl (C=O) groups excluding carboxylic acids is 3. The minimum Gasteiger partial charge on any atom is -0.444 e. The molecule has 16 nitrogen and oxygen atoms in total. The van der Waals surface area contributed by atoms with Gasteiger partial charge in [0.05, 0.1) is 36.2 Å². The highest BCUT2D eigenvalue weighted by Gasteiger charge is 2.43. The van der Waals surface area contributed by atoms with Gasteiger partial charge in [-0.3, -0.25) is 24.9 Å². The lowest BCUT2D eigenvalue weighted by Gasteiger charge is -2.43. The Morgan fingerprint density at radius 2 is 1.20 bits per heavy atom. The van der Waals surface area contributed by atoms with Gasteiger partial charge in [-0.2, -0.15) is 0 Å². The van der Waals surface area contributed by atoms with Crippen LogP contribution in [-0.2, 0) is 14.3 Å². The van der Waals surface area contributed by atoms with Gasteiger partial charge >= 0.3 is 6.09 Å². The number of nitrogens with one attached hydrogen (secondary N) is 1. The summed E-state index contributed by atoms with van der Waals surface area (Å²) in [6.45, 7) is 9.53. The molecule has 2 saturated carbocycles. The van der Waals surface area contributed by atoms with E-state index < -0.39 is 11.7 Å². The van der Waals surface area contributed by atoms with E-state index in [9.17, 15) is 14.4 Å².